The maximum absolute atomic E-state index is 11.9. The number of amides is 2. The molecule has 1 fully saturated rings. The number of aliphatic hydroxyl groups excluding tert-OH is 3. The number of carbonyl (C=O) groups is 3. The molecule has 0 aromatic heterocycles. The number of hydrogen-bond acceptors (Lipinski definition) is 8. The Bertz CT molecular complexity index is 483. The zero-order valence-electron chi connectivity index (χ0n) is 13.2. The molecule has 136 valence electrons. The Balaban J connectivity index is 2.68. The first-order valence-electron chi connectivity index (χ1n) is 7.28. The molecule has 1 aliphatic heterocycles. The highest BCUT2D eigenvalue weighted by Gasteiger charge is 2.45. The summed E-state index contributed by atoms with van der Waals surface area (Å²) >= 11 is 0. The molecule has 10 nitrogen and oxygen atoms in total. The van der Waals surface area contributed by atoms with E-state index < -0.39 is 55.0 Å². The highest BCUT2D eigenvalue weighted by Crippen LogP contribution is 2.20. The number of hydrogen-bond donors (Lipinski definition) is 5. The summed E-state index contributed by atoms with van der Waals surface area (Å²) in [5.41, 5.74) is 0. The van der Waals surface area contributed by atoms with E-state index in [2.05, 4.69) is 21.9 Å². The smallest absolute Gasteiger partial charge is 0.330 e. The summed E-state index contributed by atoms with van der Waals surface area (Å²) in [6, 6.07) is -1.11. The molecule has 1 saturated heterocycles. The van der Waals surface area contributed by atoms with Crippen molar-refractivity contribution in [2.24, 2.45) is 0 Å². The second-order valence-electron chi connectivity index (χ2n) is 5.17. The fourth-order valence-electron chi connectivity index (χ4n) is 2.17. The van der Waals surface area contributed by atoms with Gasteiger partial charge in [-0.3, -0.25) is 9.59 Å². The van der Waals surface area contributed by atoms with Crippen molar-refractivity contribution in [1.82, 2.24) is 10.6 Å². The molecule has 10 heteroatoms. The normalized spacial score (nSPS) is 29.4. The zero-order valence-corrected chi connectivity index (χ0v) is 13.2. The van der Waals surface area contributed by atoms with Crippen molar-refractivity contribution in [3.8, 4) is 0 Å². The van der Waals surface area contributed by atoms with E-state index in [0.717, 1.165) is 6.08 Å². The molecule has 5 atom stereocenters. The van der Waals surface area contributed by atoms with Crippen molar-refractivity contribution in [2.45, 2.75) is 43.9 Å². The van der Waals surface area contributed by atoms with E-state index in [9.17, 15) is 24.6 Å². The molecule has 0 radical (unpaired) electrons. The molecule has 2 unspecified atom stereocenters. The number of aliphatic hydroxyl groups is 3. The number of carbonyl (C=O) groups excluding carboxylic acids is 3. The molecular weight excluding hydrogens is 324 g/mol. The van der Waals surface area contributed by atoms with Crippen molar-refractivity contribution in [2.75, 3.05) is 13.2 Å². The Morgan fingerprint density at radius 1 is 1.25 bits per heavy atom. The second-order valence-corrected chi connectivity index (χ2v) is 5.17. The average molecular weight is 346 g/mol. The topological polar surface area (TPSA) is 154 Å². The Hall–Kier alpha value is -2.01. The van der Waals surface area contributed by atoms with Gasteiger partial charge in [-0.2, -0.15) is 0 Å². The molecule has 0 saturated carbocycles. The Labute approximate surface area is 138 Å². The Morgan fingerprint density at radius 3 is 2.46 bits per heavy atom. The van der Waals surface area contributed by atoms with Gasteiger partial charge in [0, 0.05) is 13.0 Å². The summed E-state index contributed by atoms with van der Waals surface area (Å²) in [4.78, 5) is 34.0. The molecule has 1 aliphatic rings. The van der Waals surface area contributed by atoms with Gasteiger partial charge in [0.1, 0.15) is 31.0 Å². The van der Waals surface area contributed by atoms with Gasteiger partial charge in [0.05, 0.1) is 13.0 Å². The third kappa shape index (κ3) is 5.57. The summed E-state index contributed by atoms with van der Waals surface area (Å²) in [6.45, 7) is 3.63. The fraction of sp³-hybridized carbons (Fsp3) is 0.643. The molecule has 5 N–H and O–H groups in total. The van der Waals surface area contributed by atoms with E-state index in [1.165, 1.54) is 6.92 Å². The predicted molar refractivity (Wildman–Crippen MR) is 79.3 cm³/mol. The lowest BCUT2D eigenvalue weighted by Crippen LogP contribution is -2.68. The van der Waals surface area contributed by atoms with Crippen LogP contribution in [-0.4, -0.2) is 76.9 Å². The predicted octanol–water partition coefficient (Wildman–Crippen LogP) is -2.83. The summed E-state index contributed by atoms with van der Waals surface area (Å²) in [5.74, 6) is -1.75. The van der Waals surface area contributed by atoms with Crippen LogP contribution in [0.1, 0.15) is 13.3 Å². The van der Waals surface area contributed by atoms with Crippen LogP contribution < -0.4 is 10.6 Å². The van der Waals surface area contributed by atoms with Crippen LogP contribution in [0.5, 0.6) is 0 Å². The van der Waals surface area contributed by atoms with Crippen molar-refractivity contribution >= 4 is 17.8 Å². The fourth-order valence-corrected chi connectivity index (χ4v) is 2.17. The van der Waals surface area contributed by atoms with Gasteiger partial charge in [-0.25, -0.2) is 4.79 Å². The molecule has 0 aromatic carbocycles. The summed E-state index contributed by atoms with van der Waals surface area (Å²) in [7, 11) is 0. The molecule has 0 bridgehead atoms. The van der Waals surface area contributed by atoms with Gasteiger partial charge >= 0.3 is 5.97 Å². The van der Waals surface area contributed by atoms with Crippen LogP contribution in [-0.2, 0) is 23.9 Å². The van der Waals surface area contributed by atoms with Crippen molar-refractivity contribution in [3.05, 3.63) is 12.7 Å². The van der Waals surface area contributed by atoms with E-state index >= 15 is 0 Å². The highest BCUT2D eigenvalue weighted by atomic mass is 16.5. The SMILES string of the molecule is C=CC(=O)OCCC(=O)NC1OC(CO)[C@@H](O)[C@H](O)[C@@H]1NC(C)=O. The van der Waals surface area contributed by atoms with Gasteiger partial charge in [0.15, 0.2) is 6.23 Å². The third-order valence-corrected chi connectivity index (χ3v) is 3.34. The first-order chi connectivity index (χ1) is 11.3. The Kier molecular flexibility index (Phi) is 7.79. The van der Waals surface area contributed by atoms with Gasteiger partial charge in [-0.1, -0.05) is 6.58 Å². The molecule has 1 rings (SSSR count). The summed E-state index contributed by atoms with van der Waals surface area (Å²) in [6.07, 6.45) is -4.43. The number of ether oxygens (including phenoxy) is 2. The van der Waals surface area contributed by atoms with E-state index in [-0.39, 0.29) is 13.0 Å². The lowest BCUT2D eigenvalue weighted by molar-refractivity contribution is -0.203. The lowest BCUT2D eigenvalue weighted by atomic mass is 9.96. The number of esters is 1. The molecular formula is C14H22N2O8. The van der Waals surface area contributed by atoms with Gasteiger partial charge in [0.2, 0.25) is 11.8 Å². The van der Waals surface area contributed by atoms with Crippen LogP contribution in [0, 0.1) is 0 Å². The van der Waals surface area contributed by atoms with Crippen LogP contribution >= 0.6 is 0 Å². The summed E-state index contributed by atoms with van der Waals surface area (Å²) in [5, 5.41) is 33.8. The van der Waals surface area contributed by atoms with Crippen LogP contribution in [0.3, 0.4) is 0 Å². The average Bonchev–Trinajstić information content (AvgIpc) is 2.53. The molecule has 0 aliphatic carbocycles. The van der Waals surface area contributed by atoms with Gasteiger partial charge < -0.3 is 35.4 Å². The van der Waals surface area contributed by atoms with Crippen LogP contribution in [0.4, 0.5) is 0 Å². The number of rotatable bonds is 7. The minimum absolute atomic E-state index is 0.186. The van der Waals surface area contributed by atoms with Crippen LogP contribution in [0.25, 0.3) is 0 Å². The van der Waals surface area contributed by atoms with Gasteiger partial charge in [-0.15, -0.1) is 0 Å². The standard InChI is InChI=1S/C14H22N2O8/c1-3-10(20)23-5-4-9(19)16-14-11(15-7(2)18)13(22)12(21)8(6-17)24-14/h3,8,11-14,17,21-22H,1,4-6H2,2H3,(H,15,18)(H,16,19)/t8?,11-,12+,13+,14?/m0/s1. The van der Waals surface area contributed by atoms with E-state index in [0.29, 0.717) is 0 Å². The number of nitrogens with one attached hydrogen (secondary N) is 2. The highest BCUT2D eigenvalue weighted by molar-refractivity contribution is 5.82. The zero-order chi connectivity index (χ0) is 18.3. The summed E-state index contributed by atoms with van der Waals surface area (Å²) < 4.78 is 9.99. The molecule has 2 amide bonds. The minimum atomic E-state index is -1.45. The second kappa shape index (κ2) is 9.33. The van der Waals surface area contributed by atoms with Crippen LogP contribution in [0.15, 0.2) is 12.7 Å². The quantitative estimate of drug-likeness (QED) is 0.244. The maximum atomic E-state index is 11.9. The monoisotopic (exact) mass is 346 g/mol. The molecule has 0 aromatic rings. The first-order valence-corrected chi connectivity index (χ1v) is 7.28. The van der Waals surface area contributed by atoms with Gasteiger partial charge in [0.25, 0.3) is 0 Å². The molecule has 1 heterocycles. The largest absolute Gasteiger partial charge is 0.462 e. The third-order valence-electron chi connectivity index (χ3n) is 3.34. The first kappa shape index (κ1) is 20.0. The van der Waals surface area contributed by atoms with E-state index in [1.807, 2.05) is 0 Å². The Morgan fingerprint density at radius 2 is 1.92 bits per heavy atom. The van der Waals surface area contributed by atoms with Crippen molar-refractivity contribution in [1.29, 1.82) is 0 Å². The van der Waals surface area contributed by atoms with E-state index in [4.69, 9.17) is 9.84 Å². The van der Waals surface area contributed by atoms with Gasteiger partial charge in [-0.05, 0) is 0 Å². The maximum Gasteiger partial charge on any atom is 0.330 e. The molecule has 24 heavy (non-hydrogen) atoms. The minimum Gasteiger partial charge on any atom is -0.462 e. The van der Waals surface area contributed by atoms with Crippen LogP contribution in [0.2, 0.25) is 0 Å². The van der Waals surface area contributed by atoms with Crippen molar-refractivity contribution < 1.29 is 39.2 Å². The molecule has 0 spiro atoms. The lowest BCUT2D eigenvalue weighted by Gasteiger charge is -2.42. The van der Waals surface area contributed by atoms with E-state index in [1.54, 1.807) is 0 Å². The van der Waals surface area contributed by atoms with Crippen molar-refractivity contribution in [3.63, 3.8) is 0 Å².